The van der Waals surface area contributed by atoms with Gasteiger partial charge in [0.15, 0.2) is 0 Å². The maximum Gasteiger partial charge on any atom is 0.454 e. The lowest BCUT2D eigenvalue weighted by Gasteiger charge is -2.06. The molecule has 1 aromatic rings. The number of aryl methyl sites for hydroxylation is 1. The maximum absolute atomic E-state index is 12.3. The van der Waals surface area contributed by atoms with Crippen LogP contribution in [0.5, 0.6) is 0 Å². The van der Waals surface area contributed by atoms with Gasteiger partial charge in [-0.3, -0.25) is 4.79 Å². The van der Waals surface area contributed by atoms with Crippen molar-refractivity contribution >= 4 is 5.78 Å². The topological polar surface area (TPSA) is 17.1 Å². The molecule has 0 heterocycles. The molecule has 0 aliphatic heterocycles. The Bertz CT molecular complexity index is 435. The molecule has 0 saturated carbocycles. The van der Waals surface area contributed by atoms with Crippen LogP contribution >= 0.6 is 0 Å². The summed E-state index contributed by atoms with van der Waals surface area (Å²) in [6.07, 6.45) is 5.90. The summed E-state index contributed by atoms with van der Waals surface area (Å²) < 4.78 is 36.9. The zero-order valence-electron chi connectivity index (χ0n) is 13.2. The Morgan fingerprint density at radius 1 is 0.864 bits per heavy atom. The number of hydrogen-bond acceptors (Lipinski definition) is 1. The van der Waals surface area contributed by atoms with Crippen molar-refractivity contribution in [1.29, 1.82) is 0 Å². The monoisotopic (exact) mass is 314 g/mol. The lowest BCUT2D eigenvalue weighted by Crippen LogP contribution is -2.22. The third kappa shape index (κ3) is 7.10. The Hall–Kier alpha value is -1.32. The Morgan fingerprint density at radius 3 is 1.86 bits per heavy atom. The van der Waals surface area contributed by atoms with Crippen LogP contribution in [0.2, 0.25) is 0 Å². The molecule has 0 bridgehead atoms. The predicted octanol–water partition coefficient (Wildman–Crippen LogP) is 6.11. The fraction of sp³-hybridized carbons (Fsp3) is 0.611. The second-order valence-electron chi connectivity index (χ2n) is 5.75. The van der Waals surface area contributed by atoms with Gasteiger partial charge in [-0.2, -0.15) is 13.2 Å². The van der Waals surface area contributed by atoms with Gasteiger partial charge in [-0.05, 0) is 18.4 Å². The first kappa shape index (κ1) is 18.7. The lowest BCUT2D eigenvalue weighted by atomic mass is 10.0. The minimum atomic E-state index is -4.79. The van der Waals surface area contributed by atoms with Crippen molar-refractivity contribution < 1.29 is 18.0 Å². The van der Waals surface area contributed by atoms with E-state index < -0.39 is 12.0 Å². The van der Waals surface area contributed by atoms with Gasteiger partial charge in [0.05, 0.1) is 0 Å². The Balaban J connectivity index is 2.24. The minimum Gasteiger partial charge on any atom is -0.284 e. The second-order valence-corrected chi connectivity index (χ2v) is 5.75. The Labute approximate surface area is 130 Å². The Kier molecular flexibility index (Phi) is 8.21. The molecule has 0 aromatic heterocycles. The number of benzene rings is 1. The SMILES string of the molecule is CCCCCCCCCCc1ccc(C(=O)C(F)(F)F)cc1. The molecule has 0 saturated heterocycles. The number of rotatable bonds is 10. The highest BCUT2D eigenvalue weighted by molar-refractivity contribution is 6.00. The van der Waals surface area contributed by atoms with E-state index in [4.69, 9.17) is 0 Å². The van der Waals surface area contributed by atoms with Crippen molar-refractivity contribution in [1.82, 2.24) is 0 Å². The van der Waals surface area contributed by atoms with Crippen LogP contribution < -0.4 is 0 Å². The van der Waals surface area contributed by atoms with E-state index in [1.165, 1.54) is 50.7 Å². The molecule has 124 valence electrons. The van der Waals surface area contributed by atoms with Crippen LogP contribution in [-0.2, 0) is 6.42 Å². The molecule has 0 radical (unpaired) electrons. The van der Waals surface area contributed by atoms with Crippen LogP contribution in [-0.4, -0.2) is 12.0 Å². The summed E-state index contributed by atoms with van der Waals surface area (Å²) in [4.78, 5) is 11.1. The third-order valence-electron chi connectivity index (χ3n) is 3.79. The average Bonchev–Trinajstić information content (AvgIpc) is 2.49. The van der Waals surface area contributed by atoms with Crippen molar-refractivity contribution in [3.8, 4) is 0 Å². The molecular weight excluding hydrogens is 289 g/mol. The van der Waals surface area contributed by atoms with E-state index in [9.17, 15) is 18.0 Å². The quantitative estimate of drug-likeness (QED) is 0.376. The van der Waals surface area contributed by atoms with Crippen molar-refractivity contribution in [3.63, 3.8) is 0 Å². The highest BCUT2D eigenvalue weighted by Gasteiger charge is 2.39. The minimum absolute atomic E-state index is 0.285. The van der Waals surface area contributed by atoms with E-state index in [1.54, 1.807) is 12.1 Å². The predicted molar refractivity (Wildman–Crippen MR) is 83.1 cm³/mol. The summed E-state index contributed by atoms with van der Waals surface area (Å²) >= 11 is 0. The summed E-state index contributed by atoms with van der Waals surface area (Å²) in [6, 6.07) is 5.80. The number of hydrogen-bond donors (Lipinski definition) is 0. The number of unbranched alkanes of at least 4 members (excludes halogenated alkanes) is 7. The normalized spacial score (nSPS) is 11.6. The molecule has 22 heavy (non-hydrogen) atoms. The highest BCUT2D eigenvalue weighted by Crippen LogP contribution is 2.22. The van der Waals surface area contributed by atoms with Crippen LogP contribution in [0.25, 0.3) is 0 Å². The fourth-order valence-corrected chi connectivity index (χ4v) is 2.45. The first-order valence-electron chi connectivity index (χ1n) is 8.15. The van der Waals surface area contributed by atoms with Crippen LogP contribution in [0.1, 0.15) is 74.2 Å². The maximum atomic E-state index is 12.3. The summed E-state index contributed by atoms with van der Waals surface area (Å²) in [6.45, 7) is 2.20. The fourth-order valence-electron chi connectivity index (χ4n) is 2.45. The van der Waals surface area contributed by atoms with Gasteiger partial charge >= 0.3 is 6.18 Å². The third-order valence-corrected chi connectivity index (χ3v) is 3.79. The second kappa shape index (κ2) is 9.65. The number of ketones is 1. The molecular formula is C18H25F3O. The first-order chi connectivity index (χ1) is 10.4. The summed E-state index contributed by atoms with van der Waals surface area (Å²) in [7, 11) is 0. The van der Waals surface area contributed by atoms with Gasteiger partial charge < -0.3 is 0 Å². The lowest BCUT2D eigenvalue weighted by molar-refractivity contribution is -0.0885. The molecule has 1 rings (SSSR count). The van der Waals surface area contributed by atoms with Crippen molar-refractivity contribution in [2.24, 2.45) is 0 Å². The molecule has 0 amide bonds. The number of carbonyl (C=O) groups is 1. The van der Waals surface area contributed by atoms with Crippen molar-refractivity contribution in [3.05, 3.63) is 35.4 Å². The molecule has 0 atom stereocenters. The molecule has 0 aliphatic carbocycles. The van der Waals surface area contributed by atoms with Gasteiger partial charge in [-0.15, -0.1) is 0 Å². The standard InChI is InChI=1S/C18H25F3O/c1-2-3-4-5-6-7-8-9-10-15-11-13-16(14-12-15)17(22)18(19,20)21/h11-14H,2-10H2,1H3. The van der Waals surface area contributed by atoms with Crippen LogP contribution in [0.15, 0.2) is 24.3 Å². The molecule has 0 N–H and O–H groups in total. The van der Waals surface area contributed by atoms with Crippen LogP contribution in [0, 0.1) is 0 Å². The Morgan fingerprint density at radius 2 is 1.36 bits per heavy atom. The van der Waals surface area contributed by atoms with Crippen molar-refractivity contribution in [2.75, 3.05) is 0 Å². The van der Waals surface area contributed by atoms with E-state index in [1.807, 2.05) is 0 Å². The number of carbonyl (C=O) groups excluding carboxylic acids is 1. The largest absolute Gasteiger partial charge is 0.454 e. The van der Waals surface area contributed by atoms with E-state index in [2.05, 4.69) is 6.92 Å². The molecule has 1 aromatic carbocycles. The van der Waals surface area contributed by atoms with E-state index in [0.29, 0.717) is 0 Å². The smallest absolute Gasteiger partial charge is 0.284 e. The van der Waals surface area contributed by atoms with Gasteiger partial charge in [0.2, 0.25) is 0 Å². The van der Waals surface area contributed by atoms with Crippen LogP contribution in [0.3, 0.4) is 0 Å². The van der Waals surface area contributed by atoms with Crippen LogP contribution in [0.4, 0.5) is 13.2 Å². The van der Waals surface area contributed by atoms with E-state index in [-0.39, 0.29) is 5.56 Å². The summed E-state index contributed by atoms with van der Waals surface area (Å²) in [5.74, 6) is -1.77. The number of halogens is 3. The first-order valence-corrected chi connectivity index (χ1v) is 8.15. The van der Waals surface area contributed by atoms with Gasteiger partial charge in [0, 0.05) is 5.56 Å². The van der Waals surface area contributed by atoms with Gasteiger partial charge in [-0.1, -0.05) is 76.1 Å². The van der Waals surface area contributed by atoms with Gasteiger partial charge in [0.25, 0.3) is 5.78 Å². The van der Waals surface area contributed by atoms with Gasteiger partial charge in [0.1, 0.15) is 0 Å². The molecule has 4 heteroatoms. The molecule has 0 fully saturated rings. The zero-order chi connectivity index (χ0) is 16.4. The van der Waals surface area contributed by atoms with E-state index >= 15 is 0 Å². The highest BCUT2D eigenvalue weighted by atomic mass is 19.4. The number of Topliss-reactive ketones (excluding diaryl/α,β-unsaturated/α-hetero) is 1. The van der Waals surface area contributed by atoms with Gasteiger partial charge in [-0.25, -0.2) is 0 Å². The summed E-state index contributed by atoms with van der Waals surface area (Å²) in [5, 5.41) is 0. The summed E-state index contributed by atoms with van der Waals surface area (Å²) in [5.41, 5.74) is 0.705. The number of alkyl halides is 3. The van der Waals surface area contributed by atoms with E-state index in [0.717, 1.165) is 24.8 Å². The molecule has 1 nitrogen and oxygen atoms in total. The molecule has 0 aliphatic rings. The zero-order valence-corrected chi connectivity index (χ0v) is 13.2. The average molecular weight is 314 g/mol. The molecule has 0 spiro atoms. The molecule has 0 unspecified atom stereocenters. The van der Waals surface area contributed by atoms with Crippen molar-refractivity contribution in [2.45, 2.75) is 70.9 Å².